The van der Waals surface area contributed by atoms with Crippen LogP contribution in [0.4, 0.5) is 5.69 Å². The van der Waals surface area contributed by atoms with Gasteiger partial charge in [-0.25, -0.2) is 4.79 Å². The summed E-state index contributed by atoms with van der Waals surface area (Å²) in [5.74, 6) is 6.11. The molecule has 4 N–H and O–H groups in total. The van der Waals surface area contributed by atoms with Crippen LogP contribution < -0.4 is 26.7 Å². The molecule has 1 atom stereocenters. The van der Waals surface area contributed by atoms with Gasteiger partial charge in [0.25, 0.3) is 5.56 Å². The van der Waals surface area contributed by atoms with Crippen LogP contribution in [-0.2, 0) is 0 Å². The average molecular weight is 376 g/mol. The van der Waals surface area contributed by atoms with Gasteiger partial charge >= 0.3 is 5.69 Å². The normalized spacial score (nSPS) is 23.0. The number of hydrogen-bond acceptors (Lipinski definition) is 7. The number of piperidine rings is 1. The fourth-order valence-electron chi connectivity index (χ4n) is 3.97. The highest BCUT2D eigenvalue weighted by Gasteiger charge is 2.35. The topological polar surface area (TPSA) is 123 Å². The first-order valence-corrected chi connectivity index (χ1v) is 9.12. The molecular weight excluding hydrogens is 352 g/mol. The number of hydrogen-bond donors (Lipinski definition) is 3. The number of fused-ring (bicyclic) bond motifs is 1. The zero-order chi connectivity index (χ0) is 19.3. The molecule has 2 aliphatic rings. The maximum absolute atomic E-state index is 12.6. The van der Waals surface area contributed by atoms with E-state index in [2.05, 4.69) is 0 Å². The lowest BCUT2D eigenvalue weighted by molar-refractivity contribution is -0.0241. The summed E-state index contributed by atoms with van der Waals surface area (Å²) in [7, 11) is 1.50. The van der Waals surface area contributed by atoms with Gasteiger partial charge in [-0.1, -0.05) is 0 Å². The molecule has 0 spiro atoms. The van der Waals surface area contributed by atoms with Crippen molar-refractivity contribution in [3.8, 4) is 5.75 Å². The number of nitrogens with zero attached hydrogens (tertiary/aromatic N) is 3. The third kappa shape index (κ3) is 2.78. The molecule has 4 rings (SSSR count). The van der Waals surface area contributed by atoms with Gasteiger partial charge in [-0.05, 0) is 37.8 Å². The lowest BCUT2D eigenvalue weighted by Crippen LogP contribution is -2.50. The molecule has 2 heterocycles. The molecule has 1 saturated carbocycles. The molecule has 2 fully saturated rings. The Bertz CT molecular complexity index is 1010. The molecule has 1 unspecified atom stereocenters. The van der Waals surface area contributed by atoms with E-state index >= 15 is 0 Å². The third-order valence-electron chi connectivity index (χ3n) is 5.52. The van der Waals surface area contributed by atoms with E-state index in [0.29, 0.717) is 46.4 Å². The molecule has 1 aliphatic heterocycles. The monoisotopic (exact) mass is 376 g/mol. The number of ether oxygens (including phenoxy) is 1. The molecule has 1 aliphatic carbocycles. The molecule has 27 heavy (non-hydrogen) atoms. The molecular formula is C18H24N4O5. The fourth-order valence-corrected chi connectivity index (χ4v) is 3.97. The van der Waals surface area contributed by atoms with Crippen LogP contribution in [0.2, 0.25) is 0 Å². The maximum atomic E-state index is 12.6. The summed E-state index contributed by atoms with van der Waals surface area (Å²) in [6, 6.07) is 3.38. The molecule has 9 nitrogen and oxygen atoms in total. The summed E-state index contributed by atoms with van der Waals surface area (Å²) in [6.07, 6.45) is 2.90. The van der Waals surface area contributed by atoms with Crippen molar-refractivity contribution < 1.29 is 14.9 Å². The first-order valence-electron chi connectivity index (χ1n) is 9.12. The van der Waals surface area contributed by atoms with E-state index in [-0.39, 0.29) is 19.2 Å². The van der Waals surface area contributed by atoms with Crippen molar-refractivity contribution in [1.29, 1.82) is 0 Å². The fraction of sp³-hybridized carbons (Fsp3) is 0.556. The van der Waals surface area contributed by atoms with Gasteiger partial charge in [-0.2, -0.15) is 4.68 Å². The second-order valence-corrected chi connectivity index (χ2v) is 7.48. The minimum absolute atomic E-state index is 0.00437. The minimum Gasteiger partial charge on any atom is -0.492 e. The van der Waals surface area contributed by atoms with E-state index in [0.717, 1.165) is 12.8 Å². The summed E-state index contributed by atoms with van der Waals surface area (Å²) in [4.78, 5) is 27.1. The lowest BCUT2D eigenvalue weighted by atomic mass is 9.93. The van der Waals surface area contributed by atoms with E-state index in [4.69, 9.17) is 10.6 Å². The van der Waals surface area contributed by atoms with E-state index < -0.39 is 16.9 Å². The summed E-state index contributed by atoms with van der Waals surface area (Å²) < 4.78 is 7.83. The molecule has 2 aromatic rings. The van der Waals surface area contributed by atoms with E-state index in [1.54, 1.807) is 16.7 Å². The molecule has 1 aromatic carbocycles. The van der Waals surface area contributed by atoms with Gasteiger partial charge in [0.05, 0.1) is 24.8 Å². The zero-order valence-corrected chi connectivity index (χ0v) is 15.2. The maximum Gasteiger partial charge on any atom is 0.350 e. The predicted octanol–water partition coefficient (Wildman–Crippen LogP) is -0.456. The highest BCUT2D eigenvalue weighted by Crippen LogP contribution is 2.41. The lowest BCUT2D eigenvalue weighted by Gasteiger charge is -2.40. The van der Waals surface area contributed by atoms with Gasteiger partial charge in [0, 0.05) is 19.1 Å². The Kier molecular flexibility index (Phi) is 4.15. The molecule has 0 amide bonds. The quantitative estimate of drug-likeness (QED) is 0.617. The number of benzene rings is 1. The number of nitrogens with two attached hydrogens (primary N) is 1. The molecule has 0 bridgehead atoms. The van der Waals surface area contributed by atoms with Gasteiger partial charge in [0.15, 0.2) is 5.75 Å². The second kappa shape index (κ2) is 6.28. The number of nitrogen functional groups attached to an aromatic ring is 1. The second-order valence-electron chi connectivity index (χ2n) is 7.48. The molecule has 1 saturated heterocycles. The SMILES string of the molecule is COc1c(N2CCCC(O)(CO)C2)ccc2c(=O)n(N)c(=O)n(C3CC3)c12. The zero-order valence-electron chi connectivity index (χ0n) is 15.2. The van der Waals surface area contributed by atoms with E-state index in [1.165, 1.54) is 7.11 Å². The molecule has 9 heteroatoms. The number of aromatic nitrogens is 2. The van der Waals surface area contributed by atoms with Crippen LogP contribution in [0.5, 0.6) is 5.75 Å². The van der Waals surface area contributed by atoms with Gasteiger partial charge in [0.2, 0.25) is 0 Å². The van der Waals surface area contributed by atoms with E-state index in [1.807, 2.05) is 4.90 Å². The van der Waals surface area contributed by atoms with Crippen molar-refractivity contribution in [3.05, 3.63) is 33.0 Å². The Labute approximate surface area is 155 Å². The molecule has 1 aromatic heterocycles. The number of rotatable bonds is 4. The van der Waals surface area contributed by atoms with Crippen molar-refractivity contribution in [3.63, 3.8) is 0 Å². The number of anilines is 1. The number of aliphatic hydroxyl groups is 2. The third-order valence-corrected chi connectivity index (χ3v) is 5.52. The Morgan fingerprint density at radius 3 is 2.70 bits per heavy atom. The molecule has 0 radical (unpaired) electrons. The van der Waals surface area contributed by atoms with Gasteiger partial charge < -0.3 is 25.7 Å². The Morgan fingerprint density at radius 1 is 1.33 bits per heavy atom. The Hall–Kier alpha value is -2.52. The number of methoxy groups -OCH3 is 1. The van der Waals surface area contributed by atoms with Crippen LogP contribution in [0.1, 0.15) is 31.7 Å². The van der Waals surface area contributed by atoms with Crippen molar-refractivity contribution >= 4 is 16.6 Å². The van der Waals surface area contributed by atoms with Gasteiger partial charge in [0.1, 0.15) is 11.1 Å². The standard InChI is InChI=1S/C18H24N4O5/c1-27-15-13(20-8-2-7-18(26,9-20)10-23)6-5-12-14(15)21(11-3-4-11)17(25)22(19)16(12)24/h5-6,11,23,26H,2-4,7-10,19H2,1H3. The van der Waals surface area contributed by atoms with Gasteiger partial charge in [-0.3, -0.25) is 9.36 Å². The van der Waals surface area contributed by atoms with Crippen LogP contribution in [-0.4, -0.2) is 51.9 Å². The molecule has 146 valence electrons. The number of β-amino-alcohol motifs (C(OH)–C–C–N with tert-alkyl or cyclic N) is 1. The van der Waals surface area contributed by atoms with Crippen molar-refractivity contribution in [2.75, 3.05) is 37.5 Å². The van der Waals surface area contributed by atoms with Crippen LogP contribution in [0.25, 0.3) is 10.9 Å². The highest BCUT2D eigenvalue weighted by molar-refractivity contribution is 5.90. The minimum atomic E-state index is -1.19. The summed E-state index contributed by atoms with van der Waals surface area (Å²) in [5, 5.41) is 20.4. The summed E-state index contributed by atoms with van der Waals surface area (Å²) in [6.45, 7) is 0.586. The highest BCUT2D eigenvalue weighted by atomic mass is 16.5. The largest absolute Gasteiger partial charge is 0.492 e. The van der Waals surface area contributed by atoms with Crippen LogP contribution in [0.15, 0.2) is 21.7 Å². The average Bonchev–Trinajstić information content (AvgIpc) is 3.50. The summed E-state index contributed by atoms with van der Waals surface area (Å²) >= 11 is 0. The van der Waals surface area contributed by atoms with Crippen molar-refractivity contribution in [2.24, 2.45) is 0 Å². The summed E-state index contributed by atoms with van der Waals surface area (Å²) in [5.41, 5.74) is -1.19. The Balaban J connectivity index is 1.96. The van der Waals surface area contributed by atoms with Gasteiger partial charge in [-0.15, -0.1) is 0 Å². The first kappa shape index (κ1) is 17.9. The van der Waals surface area contributed by atoms with Crippen LogP contribution in [0, 0.1) is 0 Å². The van der Waals surface area contributed by atoms with Crippen LogP contribution in [0.3, 0.4) is 0 Å². The van der Waals surface area contributed by atoms with E-state index in [9.17, 15) is 19.8 Å². The predicted molar refractivity (Wildman–Crippen MR) is 101 cm³/mol. The smallest absolute Gasteiger partial charge is 0.350 e. The Morgan fingerprint density at radius 2 is 2.07 bits per heavy atom. The first-order chi connectivity index (χ1) is 12.9. The van der Waals surface area contributed by atoms with Crippen LogP contribution >= 0.6 is 0 Å². The van der Waals surface area contributed by atoms with Crippen molar-refractivity contribution in [2.45, 2.75) is 37.3 Å². The number of aliphatic hydroxyl groups excluding tert-OH is 1. The van der Waals surface area contributed by atoms with Crippen molar-refractivity contribution in [1.82, 2.24) is 9.24 Å².